The van der Waals surface area contributed by atoms with Gasteiger partial charge in [-0.2, -0.15) is 0 Å². The Morgan fingerprint density at radius 1 is 0.824 bits per heavy atom. The maximum absolute atomic E-state index is 13.7. The van der Waals surface area contributed by atoms with Gasteiger partial charge < -0.3 is 23.4 Å². The molecular weight excluding hydrogens is 436 g/mol. The largest absolute Gasteiger partial charge is 0.497 e. The molecule has 3 rings (SSSR count). The monoisotopic (exact) mass is 468 g/mol. The van der Waals surface area contributed by atoms with Crippen molar-refractivity contribution in [3.63, 3.8) is 0 Å². The molecule has 2 aromatic carbocycles. The molecule has 34 heavy (non-hydrogen) atoms. The molecule has 0 aliphatic heterocycles. The lowest BCUT2D eigenvalue weighted by Gasteiger charge is -2.14. The summed E-state index contributed by atoms with van der Waals surface area (Å²) in [5.41, 5.74) is 1.59. The zero-order valence-corrected chi connectivity index (χ0v) is 20.3. The smallest absolute Gasteiger partial charge is 0.305 e. The molecule has 0 bridgehead atoms. The molecule has 7 heteroatoms. The average molecular weight is 469 g/mol. The van der Waals surface area contributed by atoms with Crippen molar-refractivity contribution in [1.29, 1.82) is 0 Å². The zero-order chi connectivity index (χ0) is 24.5. The first kappa shape index (κ1) is 25.1. The van der Waals surface area contributed by atoms with E-state index in [0.717, 1.165) is 37.7 Å². The summed E-state index contributed by atoms with van der Waals surface area (Å²) in [5.74, 6) is 2.14. The first-order valence-electron chi connectivity index (χ1n) is 11.4. The predicted molar refractivity (Wildman–Crippen MR) is 131 cm³/mol. The SMILES string of the molecule is COC(=O)CCCCCCCc1oc2cc(OC)cc(OC)c2c(=O)c1-c1ccc(OC)cc1. The van der Waals surface area contributed by atoms with Crippen molar-refractivity contribution >= 4 is 16.9 Å². The molecule has 0 fully saturated rings. The molecule has 1 aromatic heterocycles. The van der Waals surface area contributed by atoms with Crippen LogP contribution in [0.2, 0.25) is 0 Å². The van der Waals surface area contributed by atoms with Gasteiger partial charge in [-0.15, -0.1) is 0 Å². The summed E-state index contributed by atoms with van der Waals surface area (Å²) in [6.07, 6.45) is 5.65. The highest BCUT2D eigenvalue weighted by Gasteiger charge is 2.20. The fraction of sp³-hybridized carbons (Fsp3) is 0.407. The van der Waals surface area contributed by atoms with Crippen molar-refractivity contribution < 1.29 is 28.2 Å². The van der Waals surface area contributed by atoms with Gasteiger partial charge in [0.2, 0.25) is 5.43 Å². The summed E-state index contributed by atoms with van der Waals surface area (Å²) in [5, 5.41) is 0.390. The van der Waals surface area contributed by atoms with Gasteiger partial charge in [-0.1, -0.05) is 31.4 Å². The zero-order valence-electron chi connectivity index (χ0n) is 20.3. The van der Waals surface area contributed by atoms with Crippen LogP contribution in [0.5, 0.6) is 17.2 Å². The second kappa shape index (κ2) is 12.1. The van der Waals surface area contributed by atoms with Crippen LogP contribution in [0.4, 0.5) is 0 Å². The van der Waals surface area contributed by atoms with Gasteiger partial charge in [0, 0.05) is 25.0 Å². The Hall–Kier alpha value is -3.48. The molecule has 0 atom stereocenters. The van der Waals surface area contributed by atoms with E-state index in [0.29, 0.717) is 52.4 Å². The topological polar surface area (TPSA) is 84.2 Å². The summed E-state index contributed by atoms with van der Waals surface area (Å²) in [6, 6.07) is 10.8. The Bertz CT molecular complexity index is 1160. The number of carbonyl (C=O) groups excluding carboxylic acids is 1. The van der Waals surface area contributed by atoms with Crippen LogP contribution in [-0.2, 0) is 16.0 Å². The van der Waals surface area contributed by atoms with Gasteiger partial charge >= 0.3 is 5.97 Å². The third kappa shape index (κ3) is 5.90. The van der Waals surface area contributed by atoms with Gasteiger partial charge in [0.1, 0.15) is 34.0 Å². The lowest BCUT2D eigenvalue weighted by Crippen LogP contribution is -2.11. The number of methoxy groups -OCH3 is 4. The summed E-state index contributed by atoms with van der Waals surface area (Å²) in [6.45, 7) is 0. The number of hydrogen-bond donors (Lipinski definition) is 0. The van der Waals surface area contributed by atoms with Crippen LogP contribution in [0.3, 0.4) is 0 Å². The van der Waals surface area contributed by atoms with E-state index < -0.39 is 0 Å². The van der Waals surface area contributed by atoms with Crippen molar-refractivity contribution in [2.45, 2.75) is 44.9 Å². The van der Waals surface area contributed by atoms with Crippen LogP contribution < -0.4 is 19.6 Å². The van der Waals surface area contributed by atoms with E-state index in [1.165, 1.54) is 14.2 Å². The fourth-order valence-electron chi connectivity index (χ4n) is 4.00. The number of aryl methyl sites for hydroxylation is 1. The number of unbranched alkanes of at least 4 members (excludes halogenated alkanes) is 4. The molecule has 0 aliphatic carbocycles. The van der Waals surface area contributed by atoms with Crippen LogP contribution >= 0.6 is 0 Å². The third-order valence-electron chi connectivity index (χ3n) is 5.85. The van der Waals surface area contributed by atoms with E-state index in [1.807, 2.05) is 24.3 Å². The molecule has 0 radical (unpaired) electrons. The summed E-state index contributed by atoms with van der Waals surface area (Å²) >= 11 is 0. The third-order valence-corrected chi connectivity index (χ3v) is 5.85. The Labute approximate surface area is 199 Å². The van der Waals surface area contributed by atoms with Crippen LogP contribution in [0.1, 0.15) is 44.3 Å². The van der Waals surface area contributed by atoms with Gasteiger partial charge in [0.25, 0.3) is 0 Å². The number of benzene rings is 2. The average Bonchev–Trinajstić information content (AvgIpc) is 2.87. The molecule has 0 saturated heterocycles. The van der Waals surface area contributed by atoms with Crippen molar-refractivity contribution in [2.75, 3.05) is 28.4 Å². The van der Waals surface area contributed by atoms with E-state index in [1.54, 1.807) is 26.4 Å². The highest BCUT2D eigenvalue weighted by atomic mass is 16.5. The number of rotatable bonds is 12. The molecule has 3 aromatic rings. The number of hydrogen-bond acceptors (Lipinski definition) is 7. The van der Waals surface area contributed by atoms with Crippen LogP contribution in [-0.4, -0.2) is 34.4 Å². The molecule has 182 valence electrons. The van der Waals surface area contributed by atoms with Gasteiger partial charge in [0.05, 0.1) is 34.0 Å². The molecule has 0 spiro atoms. The summed E-state index contributed by atoms with van der Waals surface area (Å²) in [4.78, 5) is 24.9. The molecule has 1 heterocycles. The number of esters is 1. The number of ether oxygens (including phenoxy) is 4. The van der Waals surface area contributed by atoms with Crippen LogP contribution in [0, 0.1) is 0 Å². The maximum Gasteiger partial charge on any atom is 0.305 e. The Kier molecular flexibility index (Phi) is 8.96. The molecule has 0 N–H and O–H groups in total. The molecular formula is C27H32O7. The normalized spacial score (nSPS) is 10.8. The summed E-state index contributed by atoms with van der Waals surface area (Å²) < 4.78 is 27.1. The van der Waals surface area contributed by atoms with Crippen molar-refractivity contribution in [3.05, 3.63) is 52.4 Å². The van der Waals surface area contributed by atoms with Gasteiger partial charge in [-0.25, -0.2) is 0 Å². The standard InChI is InChI=1S/C27H32O7/c1-30-19-14-12-18(13-15-19)25-21(10-8-6-5-7-9-11-24(28)33-4)34-23-17-20(31-2)16-22(32-3)26(23)27(25)29/h12-17H,5-11H2,1-4H3. The van der Waals surface area contributed by atoms with E-state index in [4.69, 9.17) is 18.6 Å². The minimum atomic E-state index is -0.173. The minimum Gasteiger partial charge on any atom is -0.497 e. The molecule has 0 saturated carbocycles. The quantitative estimate of drug-likeness (QED) is 0.255. The van der Waals surface area contributed by atoms with E-state index in [9.17, 15) is 9.59 Å². The van der Waals surface area contributed by atoms with Crippen molar-refractivity contribution in [1.82, 2.24) is 0 Å². The first-order chi connectivity index (χ1) is 16.5. The summed E-state index contributed by atoms with van der Waals surface area (Å²) in [7, 11) is 6.10. The highest BCUT2D eigenvalue weighted by molar-refractivity contribution is 5.89. The molecule has 7 nitrogen and oxygen atoms in total. The number of carbonyl (C=O) groups is 1. The van der Waals surface area contributed by atoms with Gasteiger partial charge in [0.15, 0.2) is 0 Å². The second-order valence-electron chi connectivity index (χ2n) is 8.00. The second-order valence-corrected chi connectivity index (χ2v) is 8.00. The van der Waals surface area contributed by atoms with E-state index >= 15 is 0 Å². The van der Waals surface area contributed by atoms with E-state index in [-0.39, 0.29) is 11.4 Å². The lowest BCUT2D eigenvalue weighted by molar-refractivity contribution is -0.140. The fourth-order valence-corrected chi connectivity index (χ4v) is 4.00. The lowest BCUT2D eigenvalue weighted by atomic mass is 9.98. The van der Waals surface area contributed by atoms with Gasteiger partial charge in [-0.05, 0) is 30.5 Å². The Morgan fingerprint density at radius 3 is 2.15 bits per heavy atom. The molecule has 0 unspecified atom stereocenters. The van der Waals surface area contributed by atoms with Crippen molar-refractivity contribution in [2.24, 2.45) is 0 Å². The highest BCUT2D eigenvalue weighted by Crippen LogP contribution is 2.34. The number of fused-ring (bicyclic) bond motifs is 1. The predicted octanol–water partition coefficient (Wildman–Crippen LogP) is 5.54. The van der Waals surface area contributed by atoms with Crippen LogP contribution in [0.25, 0.3) is 22.1 Å². The van der Waals surface area contributed by atoms with Crippen molar-refractivity contribution in [3.8, 4) is 28.4 Å². The first-order valence-corrected chi connectivity index (χ1v) is 11.4. The van der Waals surface area contributed by atoms with Gasteiger partial charge in [-0.3, -0.25) is 9.59 Å². The molecule has 0 amide bonds. The minimum absolute atomic E-state index is 0.140. The Morgan fingerprint density at radius 2 is 1.50 bits per heavy atom. The van der Waals surface area contributed by atoms with E-state index in [2.05, 4.69) is 4.74 Å². The van der Waals surface area contributed by atoms with Crippen LogP contribution in [0.15, 0.2) is 45.6 Å². The molecule has 0 aliphatic rings. The maximum atomic E-state index is 13.7. The Balaban J connectivity index is 1.91.